The van der Waals surface area contributed by atoms with Gasteiger partial charge in [0.25, 0.3) is 0 Å². The monoisotopic (exact) mass is 363 g/mol. The van der Waals surface area contributed by atoms with Gasteiger partial charge in [0.1, 0.15) is 5.69 Å². The van der Waals surface area contributed by atoms with Crippen molar-refractivity contribution in [1.29, 1.82) is 0 Å². The van der Waals surface area contributed by atoms with Crippen LogP contribution in [0.1, 0.15) is 51.0 Å². The fourth-order valence-electron chi connectivity index (χ4n) is 3.24. The summed E-state index contributed by atoms with van der Waals surface area (Å²) in [4.78, 5) is 25.9. The van der Waals surface area contributed by atoms with Gasteiger partial charge >= 0.3 is 11.9 Å². The van der Waals surface area contributed by atoms with E-state index in [1.54, 1.807) is 18.2 Å². The van der Waals surface area contributed by atoms with Crippen LogP contribution in [-0.2, 0) is 12.8 Å². The van der Waals surface area contributed by atoms with Crippen LogP contribution in [0.2, 0.25) is 0 Å². The third-order valence-corrected chi connectivity index (χ3v) is 4.51. The van der Waals surface area contributed by atoms with Gasteiger partial charge in [0, 0.05) is 5.69 Å². The number of H-pyrrole nitrogens is 1. The Labute approximate surface area is 157 Å². The molecule has 3 aromatic rings. The predicted octanol–water partition coefficient (Wildman–Crippen LogP) is 4.62. The molecule has 27 heavy (non-hydrogen) atoms. The van der Waals surface area contributed by atoms with Gasteiger partial charge < -0.3 is 15.2 Å². The first-order valence-electron chi connectivity index (χ1n) is 8.85. The summed E-state index contributed by atoms with van der Waals surface area (Å²) < 4.78 is 0. The first-order valence-corrected chi connectivity index (χ1v) is 8.85. The average Bonchev–Trinajstić information content (AvgIpc) is 3.05. The average molecular weight is 363 g/mol. The molecule has 0 saturated heterocycles. The Morgan fingerprint density at radius 3 is 2.30 bits per heavy atom. The van der Waals surface area contributed by atoms with E-state index in [1.807, 2.05) is 36.4 Å². The van der Waals surface area contributed by atoms with Gasteiger partial charge in [-0.15, -0.1) is 0 Å². The molecule has 3 N–H and O–H groups in total. The van der Waals surface area contributed by atoms with Crippen molar-refractivity contribution in [3.8, 4) is 11.1 Å². The van der Waals surface area contributed by atoms with Gasteiger partial charge in [-0.3, -0.25) is 0 Å². The lowest BCUT2D eigenvalue weighted by Crippen LogP contribution is -2.02. The lowest BCUT2D eigenvalue weighted by atomic mass is 9.97. The van der Waals surface area contributed by atoms with E-state index in [4.69, 9.17) is 0 Å². The van der Waals surface area contributed by atoms with E-state index in [-0.39, 0.29) is 11.3 Å². The van der Waals surface area contributed by atoms with Crippen LogP contribution in [0.15, 0.2) is 54.6 Å². The molecule has 5 heteroatoms. The fourth-order valence-corrected chi connectivity index (χ4v) is 3.24. The Morgan fingerprint density at radius 2 is 1.67 bits per heavy atom. The number of aryl methyl sites for hydroxylation is 1. The molecule has 0 spiro atoms. The zero-order chi connectivity index (χ0) is 19.4. The Balaban J connectivity index is 1.87. The van der Waals surface area contributed by atoms with E-state index in [0.717, 1.165) is 35.2 Å². The first-order chi connectivity index (χ1) is 13.0. The van der Waals surface area contributed by atoms with Gasteiger partial charge in [0.2, 0.25) is 0 Å². The van der Waals surface area contributed by atoms with Crippen LogP contribution >= 0.6 is 0 Å². The SMILES string of the molecule is CCCc1cc(Cc2ccc(-c3ccccc3C(=O)O)cc2)c(C(=O)O)[nH]1. The second-order valence-electron chi connectivity index (χ2n) is 6.47. The highest BCUT2D eigenvalue weighted by Crippen LogP contribution is 2.25. The number of carboxylic acids is 2. The van der Waals surface area contributed by atoms with Crippen LogP contribution in [0.25, 0.3) is 11.1 Å². The van der Waals surface area contributed by atoms with Gasteiger partial charge in [-0.2, -0.15) is 0 Å². The maximum absolute atomic E-state index is 11.5. The number of aromatic carboxylic acids is 2. The highest BCUT2D eigenvalue weighted by molar-refractivity contribution is 5.96. The van der Waals surface area contributed by atoms with E-state index >= 15 is 0 Å². The van der Waals surface area contributed by atoms with E-state index in [2.05, 4.69) is 11.9 Å². The summed E-state index contributed by atoms with van der Waals surface area (Å²) in [7, 11) is 0. The van der Waals surface area contributed by atoms with Crippen LogP contribution in [0.5, 0.6) is 0 Å². The molecule has 0 atom stereocenters. The highest BCUT2D eigenvalue weighted by atomic mass is 16.4. The number of hydrogen-bond acceptors (Lipinski definition) is 2. The number of carbonyl (C=O) groups is 2. The van der Waals surface area contributed by atoms with E-state index in [9.17, 15) is 19.8 Å². The maximum atomic E-state index is 11.5. The molecule has 0 aliphatic carbocycles. The second kappa shape index (κ2) is 7.91. The standard InChI is InChI=1S/C22H21NO4/c1-2-5-17-13-16(20(23-17)22(26)27)12-14-8-10-15(11-9-14)18-6-3-4-7-19(18)21(24)25/h3-4,6-11,13,23H,2,5,12H2,1H3,(H,24,25)(H,26,27). The molecule has 0 unspecified atom stereocenters. The predicted molar refractivity (Wildman–Crippen MR) is 103 cm³/mol. The molecule has 0 aliphatic heterocycles. The topological polar surface area (TPSA) is 90.4 Å². The second-order valence-corrected chi connectivity index (χ2v) is 6.47. The summed E-state index contributed by atoms with van der Waals surface area (Å²) in [5.41, 5.74) is 4.62. The lowest BCUT2D eigenvalue weighted by Gasteiger charge is -2.07. The van der Waals surface area contributed by atoms with Gasteiger partial charge in [-0.1, -0.05) is 55.8 Å². The number of rotatable bonds is 7. The van der Waals surface area contributed by atoms with E-state index in [1.165, 1.54) is 0 Å². The van der Waals surface area contributed by atoms with E-state index < -0.39 is 11.9 Å². The van der Waals surface area contributed by atoms with Gasteiger partial charge in [-0.05, 0) is 47.2 Å². The summed E-state index contributed by atoms with van der Waals surface area (Å²) in [6, 6.07) is 16.4. The minimum atomic E-state index is -0.962. The van der Waals surface area contributed by atoms with Crippen molar-refractivity contribution in [1.82, 2.24) is 4.98 Å². The minimum absolute atomic E-state index is 0.235. The van der Waals surface area contributed by atoms with Crippen LogP contribution in [0, 0.1) is 0 Å². The molecule has 0 bridgehead atoms. The van der Waals surface area contributed by atoms with Crippen molar-refractivity contribution in [2.24, 2.45) is 0 Å². The van der Waals surface area contributed by atoms with Crippen LogP contribution in [-0.4, -0.2) is 27.1 Å². The zero-order valence-corrected chi connectivity index (χ0v) is 15.0. The zero-order valence-electron chi connectivity index (χ0n) is 15.0. The minimum Gasteiger partial charge on any atom is -0.478 e. The molecular weight excluding hydrogens is 342 g/mol. The first kappa shape index (κ1) is 18.5. The van der Waals surface area contributed by atoms with Crippen LogP contribution in [0.4, 0.5) is 0 Å². The lowest BCUT2D eigenvalue weighted by molar-refractivity contribution is 0.0682. The van der Waals surface area contributed by atoms with Crippen molar-refractivity contribution in [3.63, 3.8) is 0 Å². The van der Waals surface area contributed by atoms with Gasteiger partial charge in [0.15, 0.2) is 0 Å². The molecule has 2 aromatic carbocycles. The molecular formula is C22H21NO4. The maximum Gasteiger partial charge on any atom is 0.352 e. The third-order valence-electron chi connectivity index (χ3n) is 4.51. The molecule has 0 saturated carbocycles. The van der Waals surface area contributed by atoms with Crippen molar-refractivity contribution >= 4 is 11.9 Å². The van der Waals surface area contributed by atoms with Crippen molar-refractivity contribution in [3.05, 3.63) is 82.7 Å². The Hall–Kier alpha value is -3.34. The number of aromatic nitrogens is 1. The molecule has 3 rings (SSSR count). The Bertz CT molecular complexity index is 970. The smallest absolute Gasteiger partial charge is 0.352 e. The van der Waals surface area contributed by atoms with Crippen molar-refractivity contribution < 1.29 is 19.8 Å². The molecule has 138 valence electrons. The summed E-state index contributed by atoms with van der Waals surface area (Å²) in [5.74, 6) is -1.92. The van der Waals surface area contributed by atoms with Crippen LogP contribution in [0.3, 0.4) is 0 Å². The molecule has 1 heterocycles. The third kappa shape index (κ3) is 4.08. The van der Waals surface area contributed by atoms with Gasteiger partial charge in [-0.25, -0.2) is 9.59 Å². The molecule has 0 fully saturated rings. The molecule has 1 aromatic heterocycles. The number of benzene rings is 2. The summed E-state index contributed by atoms with van der Waals surface area (Å²) in [6.45, 7) is 2.05. The molecule has 0 amide bonds. The summed E-state index contributed by atoms with van der Waals surface area (Å²) in [6.07, 6.45) is 2.25. The normalized spacial score (nSPS) is 10.7. The number of hydrogen-bond donors (Lipinski definition) is 3. The highest BCUT2D eigenvalue weighted by Gasteiger charge is 2.15. The summed E-state index contributed by atoms with van der Waals surface area (Å²) >= 11 is 0. The number of carboxylic acid groups (broad SMARTS) is 2. The number of aromatic amines is 1. The molecule has 0 radical (unpaired) electrons. The number of nitrogens with one attached hydrogen (secondary N) is 1. The fraction of sp³-hybridized carbons (Fsp3) is 0.182. The Morgan fingerprint density at radius 1 is 0.963 bits per heavy atom. The van der Waals surface area contributed by atoms with E-state index in [0.29, 0.717) is 12.0 Å². The Kier molecular flexibility index (Phi) is 5.41. The van der Waals surface area contributed by atoms with Crippen molar-refractivity contribution in [2.75, 3.05) is 0 Å². The largest absolute Gasteiger partial charge is 0.478 e. The quantitative estimate of drug-likeness (QED) is 0.571. The molecule has 0 aliphatic rings. The summed E-state index contributed by atoms with van der Waals surface area (Å²) in [5, 5.41) is 18.8. The van der Waals surface area contributed by atoms with Crippen LogP contribution < -0.4 is 0 Å². The molecule has 5 nitrogen and oxygen atoms in total. The van der Waals surface area contributed by atoms with Crippen molar-refractivity contribution in [2.45, 2.75) is 26.2 Å². The van der Waals surface area contributed by atoms with Gasteiger partial charge in [0.05, 0.1) is 5.56 Å².